The lowest BCUT2D eigenvalue weighted by atomic mass is 10.2. The van der Waals surface area contributed by atoms with Crippen molar-refractivity contribution in [1.29, 1.82) is 0 Å². The number of ether oxygens (including phenoxy) is 2. The molecule has 1 rings (SSSR count). The Morgan fingerprint density at radius 2 is 2.11 bits per heavy atom. The van der Waals surface area contributed by atoms with E-state index in [1.54, 1.807) is 0 Å². The van der Waals surface area contributed by atoms with Gasteiger partial charge in [0.1, 0.15) is 12.4 Å². The van der Waals surface area contributed by atoms with E-state index in [2.05, 4.69) is 5.32 Å². The van der Waals surface area contributed by atoms with Crippen LogP contribution in [0.25, 0.3) is 0 Å². The molecule has 6 nitrogen and oxygen atoms in total. The summed E-state index contributed by atoms with van der Waals surface area (Å²) in [5, 5.41) is 11.5. The smallest absolute Gasteiger partial charge is 0.335 e. The predicted molar refractivity (Wildman–Crippen MR) is 69.7 cm³/mol. The summed E-state index contributed by atoms with van der Waals surface area (Å²) < 4.78 is 10.2. The summed E-state index contributed by atoms with van der Waals surface area (Å²) >= 11 is 0. The minimum absolute atomic E-state index is 0.0802. The Morgan fingerprint density at radius 1 is 1.37 bits per heavy atom. The van der Waals surface area contributed by atoms with Crippen molar-refractivity contribution in [2.45, 2.75) is 13.3 Å². The number of anilines is 1. The van der Waals surface area contributed by atoms with Gasteiger partial charge < -0.3 is 19.9 Å². The molecule has 6 heteroatoms. The van der Waals surface area contributed by atoms with E-state index in [1.807, 2.05) is 6.92 Å². The van der Waals surface area contributed by atoms with Gasteiger partial charge >= 0.3 is 5.97 Å². The van der Waals surface area contributed by atoms with Gasteiger partial charge in [-0.2, -0.15) is 0 Å². The number of carboxylic acids is 1. The van der Waals surface area contributed by atoms with Crippen molar-refractivity contribution in [1.82, 2.24) is 0 Å². The van der Waals surface area contributed by atoms with Crippen LogP contribution in [-0.4, -0.2) is 37.3 Å². The summed E-state index contributed by atoms with van der Waals surface area (Å²) in [5.41, 5.74) is 0.409. The Balaban J connectivity index is 2.96. The van der Waals surface area contributed by atoms with Gasteiger partial charge in [0.25, 0.3) is 0 Å². The van der Waals surface area contributed by atoms with Crippen LogP contribution in [0.2, 0.25) is 0 Å². The van der Waals surface area contributed by atoms with Crippen molar-refractivity contribution < 1.29 is 24.2 Å². The molecule has 0 heterocycles. The zero-order chi connectivity index (χ0) is 14.3. The highest BCUT2D eigenvalue weighted by molar-refractivity contribution is 5.96. The molecule has 2 N–H and O–H groups in total. The fraction of sp³-hybridized carbons (Fsp3) is 0.385. The van der Waals surface area contributed by atoms with Crippen molar-refractivity contribution in [2.24, 2.45) is 0 Å². The average Bonchev–Trinajstić information content (AvgIpc) is 2.37. The van der Waals surface area contributed by atoms with E-state index in [9.17, 15) is 9.59 Å². The van der Waals surface area contributed by atoms with Crippen molar-refractivity contribution in [3.8, 4) is 5.75 Å². The van der Waals surface area contributed by atoms with E-state index in [-0.39, 0.29) is 18.1 Å². The first-order chi connectivity index (χ1) is 9.08. The van der Waals surface area contributed by atoms with Gasteiger partial charge in [-0.05, 0) is 24.6 Å². The largest absolute Gasteiger partial charge is 0.491 e. The van der Waals surface area contributed by atoms with Crippen LogP contribution < -0.4 is 10.1 Å². The second-order valence-corrected chi connectivity index (χ2v) is 3.85. The molecule has 1 aromatic carbocycles. The standard InChI is InChI=1S/C13H17NO5/c1-3-6-19-11-5-4-9(13(16)17)7-10(11)14-12(15)8-18-2/h4-5,7H,3,6,8H2,1-2H3,(H,14,15)(H,16,17). The van der Waals surface area contributed by atoms with Gasteiger partial charge in [0.2, 0.25) is 5.91 Å². The van der Waals surface area contributed by atoms with Crippen molar-refractivity contribution in [3.63, 3.8) is 0 Å². The molecule has 0 bridgehead atoms. The average molecular weight is 267 g/mol. The summed E-state index contributed by atoms with van der Waals surface area (Å²) in [6, 6.07) is 4.32. The predicted octanol–water partition coefficient (Wildman–Crippen LogP) is 1.76. The quantitative estimate of drug-likeness (QED) is 0.786. The van der Waals surface area contributed by atoms with E-state index in [4.69, 9.17) is 14.6 Å². The molecule has 0 aliphatic carbocycles. The van der Waals surface area contributed by atoms with Crippen LogP contribution in [0.4, 0.5) is 5.69 Å². The molecular formula is C13H17NO5. The molecule has 0 saturated carbocycles. The molecule has 0 aliphatic heterocycles. The normalized spacial score (nSPS) is 10.0. The Morgan fingerprint density at radius 3 is 2.68 bits per heavy atom. The third kappa shape index (κ3) is 4.59. The van der Waals surface area contributed by atoms with Gasteiger partial charge in [0.05, 0.1) is 17.9 Å². The minimum Gasteiger partial charge on any atom is -0.491 e. The Labute approximate surface area is 111 Å². The molecule has 0 atom stereocenters. The van der Waals surface area contributed by atoms with Crippen LogP contribution in [0, 0.1) is 0 Å². The highest BCUT2D eigenvalue weighted by Gasteiger charge is 2.12. The van der Waals surface area contributed by atoms with Crippen molar-refractivity contribution >= 4 is 17.6 Å². The van der Waals surface area contributed by atoms with Gasteiger partial charge in [-0.25, -0.2) is 4.79 Å². The maximum atomic E-state index is 11.5. The lowest BCUT2D eigenvalue weighted by molar-refractivity contribution is -0.119. The van der Waals surface area contributed by atoms with E-state index in [0.717, 1.165) is 6.42 Å². The number of rotatable bonds is 7. The molecule has 0 saturated heterocycles. The van der Waals surface area contributed by atoms with E-state index in [1.165, 1.54) is 25.3 Å². The number of aromatic carboxylic acids is 1. The van der Waals surface area contributed by atoms with Gasteiger partial charge in [-0.15, -0.1) is 0 Å². The van der Waals surface area contributed by atoms with Crippen LogP contribution in [0.5, 0.6) is 5.75 Å². The Bertz CT molecular complexity index is 458. The molecule has 0 fully saturated rings. The maximum absolute atomic E-state index is 11.5. The van der Waals surface area contributed by atoms with Crippen molar-refractivity contribution in [3.05, 3.63) is 23.8 Å². The first kappa shape index (κ1) is 15.0. The van der Waals surface area contributed by atoms with Crippen molar-refractivity contribution in [2.75, 3.05) is 25.6 Å². The zero-order valence-electron chi connectivity index (χ0n) is 10.9. The second-order valence-electron chi connectivity index (χ2n) is 3.85. The number of amides is 1. The van der Waals surface area contributed by atoms with Crippen LogP contribution in [0.1, 0.15) is 23.7 Å². The summed E-state index contributed by atoms with van der Waals surface area (Å²) in [6.07, 6.45) is 0.812. The molecule has 104 valence electrons. The molecule has 1 amide bonds. The monoisotopic (exact) mass is 267 g/mol. The number of benzene rings is 1. The number of methoxy groups -OCH3 is 1. The minimum atomic E-state index is -1.07. The zero-order valence-corrected chi connectivity index (χ0v) is 10.9. The molecule has 1 aromatic rings. The highest BCUT2D eigenvalue weighted by Crippen LogP contribution is 2.26. The van der Waals surface area contributed by atoms with Gasteiger partial charge in [0.15, 0.2) is 0 Å². The number of hydrogen-bond donors (Lipinski definition) is 2. The first-order valence-corrected chi connectivity index (χ1v) is 5.87. The number of carboxylic acid groups (broad SMARTS) is 1. The first-order valence-electron chi connectivity index (χ1n) is 5.87. The number of carbonyl (C=O) groups excluding carboxylic acids is 1. The number of carbonyl (C=O) groups is 2. The summed E-state index contributed by atoms with van der Waals surface area (Å²) in [4.78, 5) is 22.4. The van der Waals surface area contributed by atoms with E-state index >= 15 is 0 Å². The molecule has 0 aromatic heterocycles. The third-order valence-corrected chi connectivity index (χ3v) is 2.24. The van der Waals surface area contributed by atoms with Crippen LogP contribution in [0.3, 0.4) is 0 Å². The fourth-order valence-corrected chi connectivity index (χ4v) is 1.42. The van der Waals surface area contributed by atoms with Crippen LogP contribution in [-0.2, 0) is 9.53 Å². The van der Waals surface area contributed by atoms with Gasteiger partial charge in [0, 0.05) is 7.11 Å². The van der Waals surface area contributed by atoms with Gasteiger partial charge in [-0.1, -0.05) is 6.92 Å². The third-order valence-electron chi connectivity index (χ3n) is 2.24. The lowest BCUT2D eigenvalue weighted by Crippen LogP contribution is -2.18. The molecule has 0 unspecified atom stereocenters. The number of nitrogens with one attached hydrogen (secondary N) is 1. The van der Waals surface area contributed by atoms with Gasteiger partial charge in [-0.3, -0.25) is 4.79 Å². The fourth-order valence-electron chi connectivity index (χ4n) is 1.42. The number of hydrogen-bond acceptors (Lipinski definition) is 4. The molecule has 19 heavy (non-hydrogen) atoms. The SMILES string of the molecule is CCCOc1ccc(C(=O)O)cc1NC(=O)COC. The Kier molecular flexibility index (Phi) is 5.81. The lowest BCUT2D eigenvalue weighted by Gasteiger charge is -2.12. The second kappa shape index (κ2) is 7.38. The Hall–Kier alpha value is -2.08. The topological polar surface area (TPSA) is 84.9 Å². The molecule has 0 spiro atoms. The van der Waals surface area contributed by atoms with Crippen LogP contribution >= 0.6 is 0 Å². The van der Waals surface area contributed by atoms with E-state index in [0.29, 0.717) is 18.0 Å². The van der Waals surface area contributed by atoms with Crippen LogP contribution in [0.15, 0.2) is 18.2 Å². The molecule has 0 radical (unpaired) electrons. The summed E-state index contributed by atoms with van der Waals surface area (Å²) in [6.45, 7) is 2.33. The summed E-state index contributed by atoms with van der Waals surface area (Å²) in [5.74, 6) is -0.994. The molecule has 0 aliphatic rings. The van der Waals surface area contributed by atoms with E-state index < -0.39 is 5.97 Å². The summed E-state index contributed by atoms with van der Waals surface area (Å²) in [7, 11) is 1.40. The molecular weight excluding hydrogens is 250 g/mol. The highest BCUT2D eigenvalue weighted by atomic mass is 16.5. The maximum Gasteiger partial charge on any atom is 0.335 e.